The molecule has 0 N–H and O–H groups in total. The Morgan fingerprint density at radius 3 is 1.40 bits per heavy atom. The molecule has 2 aliphatic heterocycles. The Hall–Kier alpha value is -0.0231. The lowest BCUT2D eigenvalue weighted by Gasteiger charge is -2.06. The standard InChI is InChI=1S/C18H36O6Si/c1(5-9-19-13-17-15-21-17)3-7-11-23-25-24-12-8-4-2-6-10-20-14-18-16-22-18/h17-18H,1-16,25H2. The van der Waals surface area contributed by atoms with Crippen molar-refractivity contribution in [3.8, 4) is 0 Å². The number of epoxide rings is 2. The van der Waals surface area contributed by atoms with Crippen molar-refractivity contribution in [3.63, 3.8) is 0 Å². The van der Waals surface area contributed by atoms with E-state index in [0.717, 1.165) is 78.5 Å². The first-order valence-corrected chi connectivity index (χ1v) is 11.1. The zero-order valence-electron chi connectivity index (χ0n) is 15.6. The van der Waals surface area contributed by atoms with Crippen LogP contribution in [0.5, 0.6) is 0 Å². The van der Waals surface area contributed by atoms with Crippen LogP contribution in [0.3, 0.4) is 0 Å². The summed E-state index contributed by atoms with van der Waals surface area (Å²) in [5, 5.41) is 0. The first-order valence-electron chi connectivity index (χ1n) is 9.99. The molecule has 2 saturated heterocycles. The molecular weight excluding hydrogens is 340 g/mol. The van der Waals surface area contributed by atoms with Gasteiger partial charge in [0.05, 0.1) is 26.4 Å². The number of unbranched alkanes of at least 4 members (excludes halogenated alkanes) is 6. The average molecular weight is 377 g/mol. The van der Waals surface area contributed by atoms with Crippen LogP contribution in [0.2, 0.25) is 0 Å². The highest BCUT2D eigenvalue weighted by atomic mass is 28.3. The molecule has 0 aliphatic carbocycles. The zero-order chi connectivity index (χ0) is 17.4. The van der Waals surface area contributed by atoms with Gasteiger partial charge in [0.25, 0.3) is 0 Å². The monoisotopic (exact) mass is 376 g/mol. The summed E-state index contributed by atoms with van der Waals surface area (Å²) in [6.07, 6.45) is 10.2. The van der Waals surface area contributed by atoms with Gasteiger partial charge in [-0.3, -0.25) is 0 Å². The SMILES string of the molecule is C(CCCO[SiH2]OCCCCCCOCC1CO1)CCOCC1CO1. The Labute approximate surface area is 154 Å². The molecular formula is C18H36O6Si. The molecule has 0 radical (unpaired) electrons. The minimum atomic E-state index is -0.765. The molecule has 0 spiro atoms. The van der Waals surface area contributed by atoms with Gasteiger partial charge >= 0.3 is 10.0 Å². The van der Waals surface area contributed by atoms with Crippen molar-refractivity contribution in [3.05, 3.63) is 0 Å². The van der Waals surface area contributed by atoms with Crippen molar-refractivity contribution >= 4 is 10.0 Å². The van der Waals surface area contributed by atoms with Crippen LogP contribution in [-0.4, -0.2) is 75.1 Å². The summed E-state index contributed by atoms with van der Waals surface area (Å²) >= 11 is 0. The summed E-state index contributed by atoms with van der Waals surface area (Å²) in [7, 11) is -0.765. The Morgan fingerprint density at radius 1 is 0.600 bits per heavy atom. The Balaban J connectivity index is 1.14. The third-order valence-electron chi connectivity index (χ3n) is 4.23. The highest BCUT2D eigenvalue weighted by molar-refractivity contribution is 6.17. The molecule has 0 amide bonds. The molecule has 25 heavy (non-hydrogen) atoms. The fourth-order valence-corrected chi connectivity index (χ4v) is 3.22. The minimum Gasteiger partial charge on any atom is -0.399 e. The van der Waals surface area contributed by atoms with Crippen LogP contribution in [0.15, 0.2) is 0 Å². The second kappa shape index (κ2) is 15.1. The molecule has 6 nitrogen and oxygen atoms in total. The van der Waals surface area contributed by atoms with Crippen LogP contribution in [0.1, 0.15) is 51.4 Å². The molecule has 148 valence electrons. The van der Waals surface area contributed by atoms with Gasteiger partial charge in [0.1, 0.15) is 12.2 Å². The maximum Gasteiger partial charge on any atom is 0.304 e. The van der Waals surface area contributed by atoms with Crippen molar-refractivity contribution in [1.82, 2.24) is 0 Å². The lowest BCUT2D eigenvalue weighted by Crippen LogP contribution is -2.07. The Kier molecular flexibility index (Phi) is 12.8. The minimum absolute atomic E-state index is 0.389. The van der Waals surface area contributed by atoms with Gasteiger partial charge in [0.2, 0.25) is 0 Å². The molecule has 2 atom stereocenters. The van der Waals surface area contributed by atoms with Crippen LogP contribution >= 0.6 is 0 Å². The zero-order valence-corrected chi connectivity index (χ0v) is 17.0. The molecule has 0 aromatic carbocycles. The van der Waals surface area contributed by atoms with E-state index in [2.05, 4.69) is 0 Å². The van der Waals surface area contributed by atoms with E-state index in [0.29, 0.717) is 12.2 Å². The summed E-state index contributed by atoms with van der Waals surface area (Å²) in [6, 6.07) is 0. The van der Waals surface area contributed by atoms with E-state index in [1.54, 1.807) is 0 Å². The molecule has 0 bridgehead atoms. The molecule has 2 rings (SSSR count). The second-order valence-electron chi connectivity index (χ2n) is 6.82. The van der Waals surface area contributed by atoms with Crippen LogP contribution in [-0.2, 0) is 27.8 Å². The summed E-state index contributed by atoms with van der Waals surface area (Å²) in [4.78, 5) is 0. The third-order valence-corrected chi connectivity index (χ3v) is 5.14. The van der Waals surface area contributed by atoms with Crippen LogP contribution in [0.4, 0.5) is 0 Å². The van der Waals surface area contributed by atoms with Crippen molar-refractivity contribution in [2.24, 2.45) is 0 Å². The predicted molar refractivity (Wildman–Crippen MR) is 98.5 cm³/mol. The van der Waals surface area contributed by atoms with E-state index in [-0.39, 0.29) is 0 Å². The highest BCUT2D eigenvalue weighted by Gasteiger charge is 2.22. The Morgan fingerprint density at radius 2 is 1.00 bits per heavy atom. The maximum absolute atomic E-state index is 5.63. The molecule has 2 unspecified atom stereocenters. The van der Waals surface area contributed by atoms with Gasteiger partial charge in [-0.05, 0) is 25.7 Å². The van der Waals surface area contributed by atoms with Gasteiger partial charge in [-0.25, -0.2) is 0 Å². The smallest absolute Gasteiger partial charge is 0.304 e. The first-order chi connectivity index (χ1) is 12.4. The average Bonchev–Trinajstić information content (AvgIpc) is 3.52. The molecule has 7 heteroatoms. The van der Waals surface area contributed by atoms with Gasteiger partial charge in [0.15, 0.2) is 0 Å². The normalized spacial score (nSPS) is 22.1. The summed E-state index contributed by atoms with van der Waals surface area (Å²) in [6.45, 7) is 6.74. The first kappa shape index (κ1) is 21.3. The van der Waals surface area contributed by atoms with E-state index in [9.17, 15) is 0 Å². The third kappa shape index (κ3) is 14.8. The topological polar surface area (TPSA) is 62.0 Å². The highest BCUT2D eigenvalue weighted by Crippen LogP contribution is 2.10. The maximum atomic E-state index is 5.63. The number of ether oxygens (including phenoxy) is 4. The quantitative estimate of drug-likeness (QED) is 0.184. The molecule has 2 fully saturated rings. The van der Waals surface area contributed by atoms with Crippen molar-refractivity contribution < 1.29 is 27.8 Å². The van der Waals surface area contributed by atoms with E-state index < -0.39 is 10.0 Å². The van der Waals surface area contributed by atoms with Gasteiger partial charge in [-0.15, -0.1) is 0 Å². The molecule has 2 aliphatic rings. The largest absolute Gasteiger partial charge is 0.399 e. The van der Waals surface area contributed by atoms with Gasteiger partial charge in [-0.1, -0.05) is 25.7 Å². The summed E-state index contributed by atoms with van der Waals surface area (Å²) in [5.41, 5.74) is 0. The van der Waals surface area contributed by atoms with Crippen molar-refractivity contribution in [2.45, 2.75) is 63.6 Å². The molecule has 2 heterocycles. The summed E-state index contributed by atoms with van der Waals surface area (Å²) < 4.78 is 32.5. The fourth-order valence-electron chi connectivity index (χ4n) is 2.46. The number of hydrogen-bond acceptors (Lipinski definition) is 6. The lowest BCUT2D eigenvalue weighted by molar-refractivity contribution is 0.112. The molecule has 0 saturated carbocycles. The van der Waals surface area contributed by atoms with Crippen LogP contribution in [0.25, 0.3) is 0 Å². The fraction of sp³-hybridized carbons (Fsp3) is 1.00. The van der Waals surface area contributed by atoms with Crippen LogP contribution < -0.4 is 0 Å². The second-order valence-corrected chi connectivity index (χ2v) is 7.88. The van der Waals surface area contributed by atoms with E-state index in [1.807, 2.05) is 0 Å². The van der Waals surface area contributed by atoms with E-state index in [4.69, 9.17) is 27.8 Å². The van der Waals surface area contributed by atoms with E-state index in [1.165, 1.54) is 25.7 Å². The predicted octanol–water partition coefficient (Wildman–Crippen LogP) is 1.97. The van der Waals surface area contributed by atoms with Crippen molar-refractivity contribution in [1.29, 1.82) is 0 Å². The lowest BCUT2D eigenvalue weighted by atomic mass is 10.2. The Bertz CT molecular complexity index is 271. The van der Waals surface area contributed by atoms with Crippen molar-refractivity contribution in [2.75, 3.05) is 52.9 Å². The molecule has 0 aromatic heterocycles. The number of rotatable bonds is 20. The molecule has 0 aromatic rings. The van der Waals surface area contributed by atoms with Gasteiger partial charge in [0, 0.05) is 26.4 Å². The summed E-state index contributed by atoms with van der Waals surface area (Å²) in [5.74, 6) is 0. The van der Waals surface area contributed by atoms with Gasteiger partial charge in [-0.2, -0.15) is 0 Å². The van der Waals surface area contributed by atoms with Crippen LogP contribution in [0, 0.1) is 0 Å². The van der Waals surface area contributed by atoms with E-state index >= 15 is 0 Å². The number of hydrogen-bond donors (Lipinski definition) is 0. The van der Waals surface area contributed by atoms with Gasteiger partial charge < -0.3 is 27.8 Å².